The van der Waals surface area contributed by atoms with Crippen LogP contribution in [0.4, 0.5) is 0 Å². The van der Waals surface area contributed by atoms with Gasteiger partial charge < -0.3 is 25.2 Å². The maximum Gasteiger partial charge on any atom is 0.114 e. The van der Waals surface area contributed by atoms with Gasteiger partial charge in [-0.3, -0.25) is 0 Å². The van der Waals surface area contributed by atoms with E-state index in [1.165, 1.54) is 37.7 Å². The van der Waals surface area contributed by atoms with Crippen LogP contribution in [-0.4, -0.2) is 57.6 Å². The summed E-state index contributed by atoms with van der Waals surface area (Å²) in [7, 11) is 0. The van der Waals surface area contributed by atoms with Gasteiger partial charge in [0, 0.05) is 19.6 Å². The van der Waals surface area contributed by atoms with E-state index >= 15 is 0 Å². The second-order valence-electron chi connectivity index (χ2n) is 12.4. The van der Waals surface area contributed by atoms with Crippen LogP contribution < -0.4 is 0 Å². The maximum atomic E-state index is 10.7. The van der Waals surface area contributed by atoms with Crippen molar-refractivity contribution in [3.05, 3.63) is 35.5 Å². The largest absolute Gasteiger partial charge is 0.396 e. The molecule has 0 aromatic heterocycles. The average molecular weight is 491 g/mol. The van der Waals surface area contributed by atoms with Crippen LogP contribution in [0.1, 0.15) is 91.9 Å². The van der Waals surface area contributed by atoms with Gasteiger partial charge in [-0.1, -0.05) is 51.0 Å². The fourth-order valence-corrected chi connectivity index (χ4v) is 7.21. The highest BCUT2D eigenvalue weighted by Gasteiger charge is 2.50. The first-order valence-corrected chi connectivity index (χ1v) is 13.9. The SMILES string of the molecule is C=C1/C(=C\C=C2/CCC[C@@]3(C)C2CC[C@@H]3[C@H](C)CCCC(C)(C)O)C[C@@H](O)[C@@H](OCCCO)[C@H]1O. The summed E-state index contributed by atoms with van der Waals surface area (Å²) in [6.45, 7) is 13.2. The molecule has 1 unspecified atom stereocenters. The van der Waals surface area contributed by atoms with Gasteiger partial charge in [0.05, 0.1) is 11.7 Å². The van der Waals surface area contributed by atoms with Crippen LogP contribution >= 0.6 is 0 Å². The Morgan fingerprint density at radius 1 is 1.20 bits per heavy atom. The van der Waals surface area contributed by atoms with Gasteiger partial charge in [-0.25, -0.2) is 0 Å². The predicted molar refractivity (Wildman–Crippen MR) is 141 cm³/mol. The smallest absolute Gasteiger partial charge is 0.114 e. The van der Waals surface area contributed by atoms with Gasteiger partial charge in [-0.2, -0.15) is 0 Å². The van der Waals surface area contributed by atoms with Crippen molar-refractivity contribution in [2.45, 2.75) is 116 Å². The molecule has 0 amide bonds. The minimum absolute atomic E-state index is 0.0269. The highest BCUT2D eigenvalue weighted by Crippen LogP contribution is 2.60. The van der Waals surface area contributed by atoms with Crippen LogP contribution in [0, 0.1) is 23.2 Å². The van der Waals surface area contributed by atoms with Gasteiger partial charge in [-0.15, -0.1) is 0 Å². The first-order chi connectivity index (χ1) is 16.5. The normalized spacial score (nSPS) is 37.1. The van der Waals surface area contributed by atoms with E-state index in [1.807, 2.05) is 13.8 Å². The van der Waals surface area contributed by atoms with Gasteiger partial charge in [0.25, 0.3) is 0 Å². The molecule has 0 saturated heterocycles. The quantitative estimate of drug-likeness (QED) is 0.321. The van der Waals surface area contributed by atoms with E-state index in [0.717, 1.165) is 30.8 Å². The van der Waals surface area contributed by atoms with Crippen LogP contribution in [0.5, 0.6) is 0 Å². The molecule has 35 heavy (non-hydrogen) atoms. The van der Waals surface area contributed by atoms with Crippen LogP contribution in [-0.2, 0) is 4.74 Å². The lowest BCUT2D eigenvalue weighted by Crippen LogP contribution is -2.45. The Bertz CT molecular complexity index is 778. The zero-order valence-corrected chi connectivity index (χ0v) is 22.5. The Balaban J connectivity index is 1.67. The second kappa shape index (κ2) is 12.0. The molecule has 0 aromatic rings. The zero-order valence-electron chi connectivity index (χ0n) is 22.5. The minimum Gasteiger partial charge on any atom is -0.396 e. The molecule has 3 aliphatic rings. The molecule has 3 rings (SSSR count). The van der Waals surface area contributed by atoms with Gasteiger partial charge in [-0.05, 0) is 93.1 Å². The lowest BCUT2D eigenvalue weighted by molar-refractivity contribution is -0.0968. The number of rotatable bonds is 10. The summed E-state index contributed by atoms with van der Waals surface area (Å²) >= 11 is 0. The fourth-order valence-electron chi connectivity index (χ4n) is 7.21. The maximum absolute atomic E-state index is 10.7. The monoisotopic (exact) mass is 490 g/mol. The van der Waals surface area contributed by atoms with Crippen LogP contribution in [0.15, 0.2) is 35.5 Å². The van der Waals surface area contributed by atoms with E-state index in [-0.39, 0.29) is 6.61 Å². The lowest BCUT2D eigenvalue weighted by Gasteiger charge is -2.44. The molecule has 0 aromatic carbocycles. The summed E-state index contributed by atoms with van der Waals surface area (Å²) in [4.78, 5) is 0. The molecular formula is C30H50O5. The first kappa shape index (κ1) is 28.6. The topological polar surface area (TPSA) is 90.2 Å². The molecule has 7 atom stereocenters. The van der Waals surface area contributed by atoms with Crippen molar-refractivity contribution in [3.63, 3.8) is 0 Å². The summed E-state index contributed by atoms with van der Waals surface area (Å²) in [6, 6.07) is 0. The number of aliphatic hydroxyl groups is 4. The predicted octanol–water partition coefficient (Wildman–Crippen LogP) is 5.08. The third-order valence-corrected chi connectivity index (χ3v) is 9.17. The lowest BCUT2D eigenvalue weighted by atomic mass is 9.60. The van der Waals surface area contributed by atoms with Crippen molar-refractivity contribution in [3.8, 4) is 0 Å². The zero-order chi connectivity index (χ0) is 25.8. The van der Waals surface area contributed by atoms with Crippen molar-refractivity contribution < 1.29 is 25.2 Å². The minimum atomic E-state index is -0.931. The summed E-state index contributed by atoms with van der Waals surface area (Å²) in [6.07, 6.45) is 12.1. The molecule has 0 aliphatic heterocycles. The third kappa shape index (κ3) is 6.87. The summed E-state index contributed by atoms with van der Waals surface area (Å²) in [5, 5.41) is 40.4. The van der Waals surface area contributed by atoms with Crippen molar-refractivity contribution in [1.82, 2.24) is 0 Å². The first-order valence-electron chi connectivity index (χ1n) is 13.9. The number of allylic oxidation sites excluding steroid dienone is 3. The number of fused-ring (bicyclic) bond motifs is 1. The highest BCUT2D eigenvalue weighted by molar-refractivity contribution is 5.40. The van der Waals surface area contributed by atoms with Crippen molar-refractivity contribution in [2.24, 2.45) is 23.2 Å². The summed E-state index contributed by atoms with van der Waals surface area (Å²) < 4.78 is 5.63. The molecule has 5 heteroatoms. The third-order valence-electron chi connectivity index (χ3n) is 9.17. The summed E-state index contributed by atoms with van der Waals surface area (Å²) in [5.74, 6) is 1.98. The molecule has 0 bridgehead atoms. The van der Waals surface area contributed by atoms with Crippen LogP contribution in [0.2, 0.25) is 0 Å². The number of hydrogen-bond donors (Lipinski definition) is 4. The van der Waals surface area contributed by atoms with E-state index in [4.69, 9.17) is 9.84 Å². The number of aliphatic hydroxyl groups excluding tert-OH is 3. The Hall–Kier alpha value is -0.980. The van der Waals surface area contributed by atoms with Crippen molar-refractivity contribution >= 4 is 0 Å². The molecule has 0 radical (unpaired) electrons. The van der Waals surface area contributed by atoms with Crippen molar-refractivity contribution in [1.29, 1.82) is 0 Å². The van der Waals surface area contributed by atoms with Crippen LogP contribution in [0.25, 0.3) is 0 Å². The van der Waals surface area contributed by atoms with E-state index in [1.54, 1.807) is 0 Å². The Labute approximate surface area is 213 Å². The fraction of sp³-hybridized carbons (Fsp3) is 0.800. The van der Waals surface area contributed by atoms with E-state index < -0.39 is 23.9 Å². The van der Waals surface area contributed by atoms with Gasteiger partial charge in [0.15, 0.2) is 0 Å². The van der Waals surface area contributed by atoms with Gasteiger partial charge in [0.2, 0.25) is 0 Å². The Morgan fingerprint density at radius 3 is 2.63 bits per heavy atom. The average Bonchev–Trinajstić information content (AvgIpc) is 3.14. The second-order valence-corrected chi connectivity index (χ2v) is 12.4. The molecule has 5 nitrogen and oxygen atoms in total. The molecule has 3 saturated carbocycles. The summed E-state index contributed by atoms with van der Waals surface area (Å²) in [5.41, 5.74) is 2.79. The number of hydrogen-bond acceptors (Lipinski definition) is 5. The number of ether oxygens (including phenoxy) is 1. The van der Waals surface area contributed by atoms with E-state index in [0.29, 0.717) is 42.3 Å². The van der Waals surface area contributed by atoms with Gasteiger partial charge >= 0.3 is 0 Å². The molecule has 3 aliphatic carbocycles. The highest BCUT2D eigenvalue weighted by atomic mass is 16.5. The standard InChI is InChI=1S/C30H50O5/c1-20(9-6-15-29(3,4)34)24-13-14-25-22(10-7-16-30(24,25)5)11-12-23-19-26(32)28(27(33)21(23)2)35-18-8-17-31/h11-12,20,24-28,31-34H,2,6-10,13-19H2,1,3-5H3/b22-11+,23-12-/t20-,24-,25?,26-,27+,28-,30-/m1/s1. The van der Waals surface area contributed by atoms with Crippen LogP contribution in [0.3, 0.4) is 0 Å². The Kier molecular flexibility index (Phi) is 9.84. The molecular weight excluding hydrogens is 440 g/mol. The molecule has 4 N–H and O–H groups in total. The Morgan fingerprint density at radius 2 is 1.94 bits per heavy atom. The molecule has 0 spiro atoms. The van der Waals surface area contributed by atoms with E-state index in [9.17, 15) is 15.3 Å². The molecule has 0 heterocycles. The molecule has 3 fully saturated rings. The van der Waals surface area contributed by atoms with E-state index in [2.05, 4.69) is 32.6 Å². The van der Waals surface area contributed by atoms with Crippen molar-refractivity contribution in [2.75, 3.05) is 13.2 Å². The molecule has 200 valence electrons. The van der Waals surface area contributed by atoms with Gasteiger partial charge in [0.1, 0.15) is 12.2 Å².